The van der Waals surface area contributed by atoms with Crippen LogP contribution in [0.25, 0.3) is 0 Å². The van der Waals surface area contributed by atoms with Crippen LogP contribution in [0.1, 0.15) is 44.7 Å². The molecule has 0 aliphatic heterocycles. The molecule has 0 saturated carbocycles. The number of hydrogen-bond donors (Lipinski definition) is 0. The van der Waals surface area contributed by atoms with Gasteiger partial charge in [-0.15, -0.1) is 0 Å². The molecule has 0 spiro atoms. The van der Waals surface area contributed by atoms with E-state index in [-0.39, 0.29) is 0 Å². The van der Waals surface area contributed by atoms with Gasteiger partial charge in [0, 0.05) is 31.1 Å². The Bertz CT molecular complexity index is 363. The summed E-state index contributed by atoms with van der Waals surface area (Å²) in [4.78, 5) is 4.42. The zero-order valence-electron chi connectivity index (χ0n) is 10.2. The van der Waals surface area contributed by atoms with Crippen molar-refractivity contribution in [2.45, 2.75) is 44.2 Å². The van der Waals surface area contributed by atoms with Crippen molar-refractivity contribution < 1.29 is 0 Å². The van der Waals surface area contributed by atoms with Gasteiger partial charge in [-0.3, -0.25) is 0 Å². The molecule has 88 valence electrons. The third-order valence-electron chi connectivity index (χ3n) is 2.49. The van der Waals surface area contributed by atoms with Gasteiger partial charge < -0.3 is 4.57 Å². The van der Waals surface area contributed by atoms with E-state index in [4.69, 9.17) is 5.26 Å². The van der Waals surface area contributed by atoms with Gasteiger partial charge in [0.1, 0.15) is 0 Å². The van der Waals surface area contributed by atoms with Crippen molar-refractivity contribution >= 4 is 11.8 Å². The van der Waals surface area contributed by atoms with E-state index in [1.807, 2.05) is 6.20 Å². The topological polar surface area (TPSA) is 41.6 Å². The molecule has 0 radical (unpaired) electrons. The SMILES string of the molecule is CC(C)c1cnc(SCCCCC#N)n1C. The van der Waals surface area contributed by atoms with Gasteiger partial charge in [-0.2, -0.15) is 5.26 Å². The fraction of sp³-hybridized carbons (Fsp3) is 0.667. The van der Waals surface area contributed by atoms with Crippen molar-refractivity contribution in [1.82, 2.24) is 9.55 Å². The quantitative estimate of drug-likeness (QED) is 0.563. The Hall–Kier alpha value is -0.950. The van der Waals surface area contributed by atoms with Crippen molar-refractivity contribution in [1.29, 1.82) is 5.26 Å². The maximum Gasteiger partial charge on any atom is 0.167 e. The standard InChI is InChI=1S/C12H19N3S/c1-10(2)11-9-14-12(15(11)3)16-8-6-4-5-7-13/h9-10H,4-6,8H2,1-3H3. The fourth-order valence-corrected chi connectivity index (χ4v) is 2.50. The summed E-state index contributed by atoms with van der Waals surface area (Å²) in [5.41, 5.74) is 1.28. The second kappa shape index (κ2) is 6.59. The Morgan fingerprint density at radius 1 is 1.50 bits per heavy atom. The maximum absolute atomic E-state index is 8.42. The predicted octanol–water partition coefficient (Wildman–Crippen LogP) is 3.33. The number of nitriles is 1. The summed E-state index contributed by atoms with van der Waals surface area (Å²) in [7, 11) is 2.07. The number of nitrogens with zero attached hydrogens (tertiary/aromatic N) is 3. The lowest BCUT2D eigenvalue weighted by Crippen LogP contribution is -1.99. The second-order valence-corrected chi connectivity index (χ2v) is 5.21. The van der Waals surface area contributed by atoms with E-state index in [2.05, 4.69) is 36.5 Å². The van der Waals surface area contributed by atoms with Gasteiger partial charge >= 0.3 is 0 Å². The van der Waals surface area contributed by atoms with E-state index in [1.54, 1.807) is 11.8 Å². The van der Waals surface area contributed by atoms with Crippen LogP contribution < -0.4 is 0 Å². The Morgan fingerprint density at radius 3 is 2.81 bits per heavy atom. The summed E-state index contributed by atoms with van der Waals surface area (Å²) in [6.07, 6.45) is 4.70. The van der Waals surface area contributed by atoms with Crippen molar-refractivity contribution in [2.24, 2.45) is 7.05 Å². The first-order chi connectivity index (χ1) is 7.66. The van der Waals surface area contributed by atoms with Crippen LogP contribution in [-0.4, -0.2) is 15.3 Å². The van der Waals surface area contributed by atoms with Crippen LogP contribution in [0.5, 0.6) is 0 Å². The first kappa shape index (κ1) is 13.1. The van der Waals surface area contributed by atoms with Gasteiger partial charge in [0.2, 0.25) is 0 Å². The highest BCUT2D eigenvalue weighted by molar-refractivity contribution is 7.99. The lowest BCUT2D eigenvalue weighted by atomic mass is 10.1. The molecule has 0 aliphatic rings. The normalized spacial score (nSPS) is 10.7. The van der Waals surface area contributed by atoms with Crippen LogP contribution in [0.2, 0.25) is 0 Å². The summed E-state index contributed by atoms with van der Waals surface area (Å²) < 4.78 is 2.17. The van der Waals surface area contributed by atoms with Crippen LogP contribution in [0.15, 0.2) is 11.4 Å². The van der Waals surface area contributed by atoms with Gasteiger partial charge in [0.25, 0.3) is 0 Å². The minimum atomic E-state index is 0.519. The Labute approximate surface area is 102 Å². The highest BCUT2D eigenvalue weighted by Gasteiger charge is 2.09. The van der Waals surface area contributed by atoms with Crippen molar-refractivity contribution in [3.8, 4) is 6.07 Å². The van der Waals surface area contributed by atoms with Crippen LogP contribution in [0.4, 0.5) is 0 Å². The molecule has 0 atom stereocenters. The van der Waals surface area contributed by atoms with Gasteiger partial charge in [-0.05, 0) is 18.8 Å². The minimum Gasteiger partial charge on any atom is -0.326 e. The van der Waals surface area contributed by atoms with E-state index in [1.165, 1.54) is 5.69 Å². The summed E-state index contributed by atoms with van der Waals surface area (Å²) in [6.45, 7) is 4.36. The smallest absolute Gasteiger partial charge is 0.167 e. The largest absolute Gasteiger partial charge is 0.326 e. The van der Waals surface area contributed by atoms with E-state index in [0.717, 1.165) is 23.8 Å². The second-order valence-electron chi connectivity index (χ2n) is 4.14. The average Bonchev–Trinajstić information content (AvgIpc) is 2.60. The van der Waals surface area contributed by atoms with E-state index in [0.29, 0.717) is 12.3 Å². The number of thioether (sulfide) groups is 1. The Morgan fingerprint density at radius 2 is 2.25 bits per heavy atom. The molecule has 1 rings (SSSR count). The summed E-state index contributed by atoms with van der Waals surface area (Å²) in [5, 5.41) is 9.50. The van der Waals surface area contributed by atoms with E-state index >= 15 is 0 Å². The third kappa shape index (κ3) is 3.57. The average molecular weight is 237 g/mol. The molecule has 4 heteroatoms. The lowest BCUT2D eigenvalue weighted by molar-refractivity contribution is 0.691. The van der Waals surface area contributed by atoms with Crippen LogP contribution in [0.3, 0.4) is 0 Å². The minimum absolute atomic E-state index is 0.519. The molecule has 0 unspecified atom stereocenters. The molecule has 0 bridgehead atoms. The third-order valence-corrected chi connectivity index (χ3v) is 3.62. The molecule has 0 N–H and O–H groups in total. The molecular formula is C12H19N3S. The number of rotatable bonds is 6. The Kier molecular flexibility index (Phi) is 5.41. The van der Waals surface area contributed by atoms with Crippen molar-refractivity contribution in [2.75, 3.05) is 5.75 Å². The van der Waals surface area contributed by atoms with Crippen LogP contribution in [0, 0.1) is 11.3 Å². The summed E-state index contributed by atoms with van der Waals surface area (Å²) >= 11 is 1.78. The van der Waals surface area contributed by atoms with Gasteiger partial charge in [-0.1, -0.05) is 25.6 Å². The van der Waals surface area contributed by atoms with Crippen molar-refractivity contribution in [3.05, 3.63) is 11.9 Å². The molecule has 0 fully saturated rings. The van der Waals surface area contributed by atoms with E-state index < -0.39 is 0 Å². The number of aromatic nitrogens is 2. The molecule has 3 nitrogen and oxygen atoms in total. The number of unbranched alkanes of at least 4 members (excludes halogenated alkanes) is 2. The molecular weight excluding hydrogens is 218 g/mol. The number of hydrogen-bond acceptors (Lipinski definition) is 3. The summed E-state index contributed by atoms with van der Waals surface area (Å²) in [5.74, 6) is 1.56. The highest BCUT2D eigenvalue weighted by atomic mass is 32.2. The lowest BCUT2D eigenvalue weighted by Gasteiger charge is -2.07. The number of imidazole rings is 1. The van der Waals surface area contributed by atoms with Crippen molar-refractivity contribution in [3.63, 3.8) is 0 Å². The van der Waals surface area contributed by atoms with Gasteiger partial charge in [0.15, 0.2) is 5.16 Å². The van der Waals surface area contributed by atoms with Crippen LogP contribution >= 0.6 is 11.8 Å². The molecule has 0 aliphatic carbocycles. The molecule has 1 aromatic rings. The predicted molar refractivity (Wildman–Crippen MR) is 67.5 cm³/mol. The van der Waals surface area contributed by atoms with Crippen LogP contribution in [-0.2, 0) is 7.05 Å². The monoisotopic (exact) mass is 237 g/mol. The highest BCUT2D eigenvalue weighted by Crippen LogP contribution is 2.22. The maximum atomic E-state index is 8.42. The van der Waals surface area contributed by atoms with Gasteiger partial charge in [-0.25, -0.2) is 4.98 Å². The first-order valence-corrected chi connectivity index (χ1v) is 6.66. The molecule has 0 saturated heterocycles. The van der Waals surface area contributed by atoms with E-state index in [9.17, 15) is 0 Å². The molecule has 0 amide bonds. The first-order valence-electron chi connectivity index (χ1n) is 5.68. The Balaban J connectivity index is 2.40. The zero-order chi connectivity index (χ0) is 12.0. The molecule has 16 heavy (non-hydrogen) atoms. The molecule has 1 heterocycles. The fourth-order valence-electron chi connectivity index (χ4n) is 1.55. The van der Waals surface area contributed by atoms with Gasteiger partial charge in [0.05, 0.1) is 6.07 Å². The summed E-state index contributed by atoms with van der Waals surface area (Å²) in [6, 6.07) is 2.17. The molecule has 0 aromatic carbocycles. The zero-order valence-corrected chi connectivity index (χ0v) is 11.0. The molecule has 1 aromatic heterocycles.